The molecule has 3 rings (SSSR count). The third kappa shape index (κ3) is 3.60. The zero-order valence-electron chi connectivity index (χ0n) is 10.5. The van der Waals surface area contributed by atoms with Gasteiger partial charge in [-0.05, 0) is 34.7 Å². The van der Waals surface area contributed by atoms with Crippen molar-refractivity contribution in [1.29, 1.82) is 0 Å². The van der Waals surface area contributed by atoms with Crippen molar-refractivity contribution in [3.8, 4) is 11.1 Å². The number of fused-ring (bicyclic) bond motifs is 1. The number of hydrogen-bond acceptors (Lipinski definition) is 0. The Bertz CT molecular complexity index is 591. The van der Waals surface area contributed by atoms with Crippen LogP contribution < -0.4 is 0 Å². The number of benzene rings is 2. The summed E-state index contributed by atoms with van der Waals surface area (Å²) in [6.45, 7) is 2.16. The predicted octanol–water partition coefficient (Wildman–Crippen LogP) is 5.62. The average molecular weight is 367 g/mol. The van der Waals surface area contributed by atoms with Gasteiger partial charge in [0.15, 0.2) is 0 Å². The van der Waals surface area contributed by atoms with Gasteiger partial charge in [0.2, 0.25) is 0 Å². The molecule has 0 aliphatic heterocycles. The Hall–Kier alpha value is -0.357. The first-order chi connectivity index (χ1) is 9.27. The van der Waals surface area contributed by atoms with Gasteiger partial charge in [-0.25, -0.2) is 0 Å². The van der Waals surface area contributed by atoms with Crippen molar-refractivity contribution in [2.75, 3.05) is 0 Å². The number of allylic oxidation sites excluding steroid dienone is 1. The van der Waals surface area contributed by atoms with E-state index in [0.717, 1.165) is 0 Å². The summed E-state index contributed by atoms with van der Waals surface area (Å²) >= 11 is -0.826. The van der Waals surface area contributed by atoms with Gasteiger partial charge < -0.3 is 0 Å². The van der Waals surface area contributed by atoms with E-state index in [9.17, 15) is 0 Å². The number of halogens is 2. The van der Waals surface area contributed by atoms with Crippen LogP contribution in [0.1, 0.15) is 16.7 Å². The zero-order chi connectivity index (χ0) is 13.7. The summed E-state index contributed by atoms with van der Waals surface area (Å²) in [5.74, 6) is 0. The topological polar surface area (TPSA) is 0 Å². The van der Waals surface area contributed by atoms with E-state index in [1.165, 1.54) is 27.8 Å². The zero-order valence-corrected chi connectivity index (χ0v) is 14.5. The molecule has 2 aromatic carbocycles. The van der Waals surface area contributed by atoms with Crippen LogP contribution in [0.4, 0.5) is 0 Å². The van der Waals surface area contributed by atoms with Crippen LogP contribution in [-0.4, -0.2) is 0 Å². The molecule has 1 aliphatic carbocycles. The minimum absolute atomic E-state index is 0.826. The van der Waals surface area contributed by atoms with E-state index >= 15 is 0 Å². The number of rotatable bonds is 1. The Kier molecular flexibility index (Phi) is 5.88. The Morgan fingerprint density at radius 3 is 2.32 bits per heavy atom. The van der Waals surface area contributed by atoms with Crippen molar-refractivity contribution >= 4 is 23.1 Å². The summed E-state index contributed by atoms with van der Waals surface area (Å²) in [5, 5.41) is 0. The van der Waals surface area contributed by atoms with Crippen molar-refractivity contribution in [3.63, 3.8) is 0 Å². The van der Waals surface area contributed by atoms with Crippen molar-refractivity contribution in [3.05, 3.63) is 71.7 Å². The standard InChI is InChI=1S/C16H13.2ClH.Zr/c1-12-6-2-3-9-14(12)16-11-5-8-13-7-4-10-15(13)16;;;/h2-11H,1H3;2*1H;/q;;;+2/p-2. The molecule has 2 aromatic rings. The van der Waals surface area contributed by atoms with Gasteiger partial charge in [0, 0.05) is 6.42 Å². The van der Waals surface area contributed by atoms with E-state index in [-0.39, 0.29) is 0 Å². The van der Waals surface area contributed by atoms with Gasteiger partial charge >= 0.3 is 37.9 Å². The molecule has 0 unspecified atom stereocenters. The maximum absolute atomic E-state index is 4.93. The molecule has 0 atom stereocenters. The van der Waals surface area contributed by atoms with E-state index in [1.54, 1.807) is 0 Å². The fraction of sp³-hybridized carbons (Fsp3) is 0.0625. The van der Waals surface area contributed by atoms with Gasteiger partial charge in [-0.3, -0.25) is 0 Å². The molecule has 0 bridgehead atoms. The average Bonchev–Trinajstić information content (AvgIpc) is 2.88. The second-order valence-corrected chi connectivity index (χ2v) is 7.95. The molecular formula is C16H13Cl2Zr. The van der Waals surface area contributed by atoms with Crippen molar-refractivity contribution < 1.29 is 20.8 Å². The molecule has 1 radical (unpaired) electrons. The van der Waals surface area contributed by atoms with E-state index in [1.807, 2.05) is 0 Å². The summed E-state index contributed by atoms with van der Waals surface area (Å²) < 4.78 is 0. The first kappa shape index (κ1) is 15.0. The quantitative estimate of drug-likeness (QED) is 0.614. The fourth-order valence-electron chi connectivity index (χ4n) is 2.27. The number of aryl methyl sites for hydroxylation is 1. The molecule has 0 heterocycles. The summed E-state index contributed by atoms with van der Waals surface area (Å²) in [5.41, 5.74) is 6.66. The van der Waals surface area contributed by atoms with Crippen LogP contribution in [0.2, 0.25) is 0 Å². The molecule has 0 saturated heterocycles. The van der Waals surface area contributed by atoms with Gasteiger partial charge in [-0.15, -0.1) is 0 Å². The van der Waals surface area contributed by atoms with Crippen LogP contribution >= 0.6 is 17.0 Å². The molecule has 95 valence electrons. The normalized spacial score (nSPS) is 11.5. The van der Waals surface area contributed by atoms with Crippen LogP contribution in [0.5, 0.6) is 0 Å². The van der Waals surface area contributed by atoms with Crippen molar-refractivity contribution in [2.24, 2.45) is 0 Å². The molecule has 0 nitrogen and oxygen atoms in total. The van der Waals surface area contributed by atoms with Crippen LogP contribution in [0, 0.1) is 13.3 Å². The molecular weight excluding hydrogens is 354 g/mol. The summed E-state index contributed by atoms with van der Waals surface area (Å²) in [6, 6.07) is 15.0. The molecule has 0 aromatic heterocycles. The van der Waals surface area contributed by atoms with Crippen LogP contribution in [0.3, 0.4) is 0 Å². The predicted molar refractivity (Wildman–Crippen MR) is 80.8 cm³/mol. The monoisotopic (exact) mass is 365 g/mol. The molecule has 19 heavy (non-hydrogen) atoms. The van der Waals surface area contributed by atoms with Crippen LogP contribution in [0.25, 0.3) is 17.2 Å². The Labute approximate surface area is 133 Å². The van der Waals surface area contributed by atoms with E-state index in [2.05, 4.69) is 68.0 Å². The first-order valence-corrected chi connectivity index (χ1v) is 12.3. The SMILES string of the molecule is Cc1ccccc1-c1cccc2c1C=C[CH]2.[Cl][Zr][Cl]. The second-order valence-electron chi connectivity index (χ2n) is 4.22. The first-order valence-electron chi connectivity index (χ1n) is 5.94. The Morgan fingerprint density at radius 2 is 1.58 bits per heavy atom. The maximum atomic E-state index is 4.93. The van der Waals surface area contributed by atoms with Crippen molar-refractivity contribution in [1.82, 2.24) is 0 Å². The Morgan fingerprint density at radius 1 is 0.895 bits per heavy atom. The van der Waals surface area contributed by atoms with Crippen LogP contribution in [-0.2, 0) is 20.8 Å². The summed E-state index contributed by atoms with van der Waals surface area (Å²) in [7, 11) is 9.87. The van der Waals surface area contributed by atoms with Gasteiger partial charge in [0.1, 0.15) is 0 Å². The third-order valence-corrected chi connectivity index (χ3v) is 3.11. The molecule has 3 heteroatoms. The summed E-state index contributed by atoms with van der Waals surface area (Å²) in [6.07, 6.45) is 6.47. The summed E-state index contributed by atoms with van der Waals surface area (Å²) in [4.78, 5) is 0. The third-order valence-electron chi connectivity index (χ3n) is 3.11. The Balaban J connectivity index is 0.000000408. The second kappa shape index (κ2) is 7.43. The molecule has 0 amide bonds. The molecule has 0 saturated carbocycles. The van der Waals surface area contributed by atoms with Gasteiger partial charge in [0.05, 0.1) is 0 Å². The van der Waals surface area contributed by atoms with E-state index in [0.29, 0.717) is 0 Å². The van der Waals surface area contributed by atoms with E-state index < -0.39 is 20.8 Å². The van der Waals surface area contributed by atoms with Crippen LogP contribution in [0.15, 0.2) is 48.5 Å². The molecule has 1 aliphatic rings. The van der Waals surface area contributed by atoms with Gasteiger partial charge in [-0.1, -0.05) is 54.6 Å². The number of hydrogen-bond donors (Lipinski definition) is 0. The van der Waals surface area contributed by atoms with Gasteiger partial charge in [0.25, 0.3) is 0 Å². The van der Waals surface area contributed by atoms with E-state index in [4.69, 9.17) is 17.0 Å². The molecule has 0 spiro atoms. The van der Waals surface area contributed by atoms with Gasteiger partial charge in [-0.2, -0.15) is 0 Å². The van der Waals surface area contributed by atoms with Crippen molar-refractivity contribution in [2.45, 2.75) is 6.92 Å². The molecule has 0 N–H and O–H groups in total. The molecule has 0 fully saturated rings. The minimum atomic E-state index is -0.826. The fourth-order valence-corrected chi connectivity index (χ4v) is 2.27.